The van der Waals surface area contributed by atoms with Crippen molar-refractivity contribution in [3.05, 3.63) is 36.3 Å². The Morgan fingerprint density at radius 1 is 1.35 bits per heavy atom. The molecule has 2 rings (SSSR count). The van der Waals surface area contributed by atoms with Crippen LogP contribution in [0.2, 0.25) is 0 Å². The Balaban J connectivity index is 1.79. The van der Waals surface area contributed by atoms with Crippen LogP contribution in [0.3, 0.4) is 0 Å². The first-order valence-corrected chi connectivity index (χ1v) is 8.73. The number of fused-ring (bicyclic) bond motifs is 1. The van der Waals surface area contributed by atoms with Gasteiger partial charge in [-0.15, -0.1) is 0 Å². The van der Waals surface area contributed by atoms with Crippen LogP contribution in [0, 0.1) is 11.8 Å². The number of alkyl carbamates (subject to hydrolysis) is 1. The molecule has 0 fully saturated rings. The van der Waals surface area contributed by atoms with Crippen LogP contribution in [-0.4, -0.2) is 34.9 Å². The third kappa shape index (κ3) is 6.69. The normalized spacial score (nSPS) is 12.2. The number of carbonyl (C=O) groups is 1. The Labute approximate surface area is 154 Å². The fourth-order valence-corrected chi connectivity index (χ4v) is 2.35. The minimum Gasteiger partial charge on any atom is -0.444 e. The monoisotopic (exact) mass is 354 g/mol. The van der Waals surface area contributed by atoms with Gasteiger partial charge in [0.2, 0.25) is 0 Å². The lowest BCUT2D eigenvalue weighted by molar-refractivity contribution is 0.0493. The highest BCUT2D eigenvalue weighted by Gasteiger charge is 2.18. The quantitative estimate of drug-likeness (QED) is 0.490. The molecule has 1 atom stereocenters. The van der Waals surface area contributed by atoms with Gasteiger partial charge in [0.1, 0.15) is 11.9 Å². The number of nitrogens with zero attached hydrogens (tertiary/aromatic N) is 2. The first-order chi connectivity index (χ1) is 12.4. The van der Waals surface area contributed by atoms with Crippen molar-refractivity contribution in [1.29, 1.82) is 0 Å². The van der Waals surface area contributed by atoms with E-state index >= 15 is 0 Å². The number of nitrogens with one attached hydrogen (secondary N) is 2. The van der Waals surface area contributed by atoms with Crippen LogP contribution in [0.15, 0.2) is 30.7 Å². The average Bonchev–Trinajstić information content (AvgIpc) is 2.58. The number of aromatic nitrogens is 2. The molecule has 1 aromatic carbocycles. The number of hydrogen-bond donors (Lipinski definition) is 2. The molecule has 26 heavy (non-hydrogen) atoms. The lowest BCUT2D eigenvalue weighted by atomic mass is 10.1. The van der Waals surface area contributed by atoms with Crippen LogP contribution in [0.25, 0.3) is 10.9 Å². The van der Waals surface area contributed by atoms with Crippen molar-refractivity contribution in [3.63, 3.8) is 0 Å². The van der Waals surface area contributed by atoms with Crippen molar-refractivity contribution in [2.75, 3.05) is 7.05 Å². The van der Waals surface area contributed by atoms with Gasteiger partial charge in [-0.2, -0.15) is 0 Å². The van der Waals surface area contributed by atoms with E-state index in [2.05, 4.69) is 32.4 Å². The van der Waals surface area contributed by atoms with Crippen molar-refractivity contribution in [2.45, 2.75) is 51.8 Å². The molecule has 1 amide bonds. The van der Waals surface area contributed by atoms with Gasteiger partial charge in [0.25, 0.3) is 0 Å². The summed E-state index contributed by atoms with van der Waals surface area (Å²) in [4.78, 5) is 20.0. The first-order valence-electron chi connectivity index (χ1n) is 8.73. The summed E-state index contributed by atoms with van der Waals surface area (Å²) in [5, 5.41) is 6.89. The zero-order valence-corrected chi connectivity index (χ0v) is 15.8. The van der Waals surface area contributed by atoms with Crippen LogP contribution in [0.5, 0.6) is 0 Å². The molecule has 0 aliphatic heterocycles. The Morgan fingerprint density at radius 3 is 2.88 bits per heavy atom. The summed E-state index contributed by atoms with van der Waals surface area (Å²) in [5.41, 5.74) is 1.33. The molecule has 0 aliphatic rings. The summed E-state index contributed by atoms with van der Waals surface area (Å²) < 4.78 is 5.26. The zero-order chi connectivity index (χ0) is 19.0. The fraction of sp³-hybridized carbons (Fsp3) is 0.450. The second kappa shape index (κ2) is 9.16. The van der Waals surface area contributed by atoms with E-state index in [1.807, 2.05) is 46.0 Å². The molecule has 0 radical (unpaired) electrons. The Hall–Kier alpha value is -2.65. The number of ether oxygens (including phenoxy) is 1. The van der Waals surface area contributed by atoms with E-state index in [0.717, 1.165) is 35.7 Å². The van der Waals surface area contributed by atoms with Crippen LogP contribution >= 0.6 is 0 Å². The highest BCUT2D eigenvalue weighted by Crippen LogP contribution is 2.11. The van der Waals surface area contributed by atoms with E-state index < -0.39 is 11.7 Å². The number of rotatable bonds is 5. The van der Waals surface area contributed by atoms with E-state index in [1.54, 1.807) is 6.20 Å². The maximum Gasteiger partial charge on any atom is 0.408 e. The second-order valence-corrected chi connectivity index (χ2v) is 6.98. The highest BCUT2D eigenvalue weighted by molar-refractivity contribution is 5.78. The van der Waals surface area contributed by atoms with E-state index in [9.17, 15) is 4.79 Å². The Bertz CT molecular complexity index is 803. The lowest BCUT2D eigenvalue weighted by Gasteiger charge is -2.23. The minimum atomic E-state index is -0.501. The van der Waals surface area contributed by atoms with E-state index in [-0.39, 0.29) is 6.17 Å². The predicted octanol–water partition coefficient (Wildman–Crippen LogP) is 3.22. The predicted molar refractivity (Wildman–Crippen MR) is 102 cm³/mol. The Morgan fingerprint density at radius 2 is 2.15 bits per heavy atom. The van der Waals surface area contributed by atoms with Crippen molar-refractivity contribution < 1.29 is 9.53 Å². The summed E-state index contributed by atoms with van der Waals surface area (Å²) >= 11 is 0. The molecule has 1 heterocycles. The summed E-state index contributed by atoms with van der Waals surface area (Å²) in [6.07, 6.45) is 5.16. The first kappa shape index (κ1) is 19.7. The number of carbonyl (C=O) groups excluding carboxylic acids is 1. The molecule has 0 saturated heterocycles. The topological polar surface area (TPSA) is 76.1 Å². The summed E-state index contributed by atoms with van der Waals surface area (Å²) in [6, 6.07) is 5.91. The van der Waals surface area contributed by atoms with Gasteiger partial charge in [-0.25, -0.2) is 14.8 Å². The molecule has 0 aliphatic carbocycles. The van der Waals surface area contributed by atoms with Crippen LogP contribution in [0.4, 0.5) is 4.79 Å². The third-order valence-electron chi connectivity index (χ3n) is 3.57. The molecule has 0 bridgehead atoms. The molecular formula is C20H26N4O2. The summed E-state index contributed by atoms with van der Waals surface area (Å²) in [6.45, 7) is 5.53. The van der Waals surface area contributed by atoms with Gasteiger partial charge in [0.15, 0.2) is 0 Å². The third-order valence-corrected chi connectivity index (χ3v) is 3.57. The van der Waals surface area contributed by atoms with Gasteiger partial charge in [0, 0.05) is 23.6 Å². The van der Waals surface area contributed by atoms with Gasteiger partial charge in [-0.05, 0) is 52.8 Å². The smallest absolute Gasteiger partial charge is 0.408 e. The largest absolute Gasteiger partial charge is 0.444 e. The molecule has 2 aromatic rings. The molecule has 138 valence electrons. The van der Waals surface area contributed by atoms with Gasteiger partial charge in [-0.1, -0.05) is 17.9 Å². The van der Waals surface area contributed by atoms with Crippen molar-refractivity contribution in [2.24, 2.45) is 0 Å². The summed E-state index contributed by atoms with van der Waals surface area (Å²) in [7, 11) is 1.81. The molecular weight excluding hydrogens is 328 g/mol. The lowest BCUT2D eigenvalue weighted by Crippen LogP contribution is -2.45. The fourth-order valence-electron chi connectivity index (χ4n) is 2.35. The minimum absolute atomic E-state index is 0.135. The number of unbranched alkanes of at least 4 members (excludes halogenated alkanes) is 1. The molecule has 2 N–H and O–H groups in total. The van der Waals surface area contributed by atoms with Gasteiger partial charge < -0.3 is 15.4 Å². The van der Waals surface area contributed by atoms with E-state index in [0.29, 0.717) is 0 Å². The molecule has 0 saturated carbocycles. The average molecular weight is 354 g/mol. The highest BCUT2D eigenvalue weighted by atomic mass is 16.6. The molecule has 0 spiro atoms. The van der Waals surface area contributed by atoms with Crippen LogP contribution < -0.4 is 10.6 Å². The maximum atomic E-state index is 11.8. The number of hydrogen-bond acceptors (Lipinski definition) is 5. The van der Waals surface area contributed by atoms with E-state index in [1.165, 1.54) is 6.33 Å². The second-order valence-electron chi connectivity index (χ2n) is 6.98. The number of amides is 1. The zero-order valence-electron chi connectivity index (χ0n) is 15.8. The Kier molecular flexibility index (Phi) is 6.93. The van der Waals surface area contributed by atoms with Gasteiger partial charge >= 0.3 is 6.09 Å². The molecule has 6 heteroatoms. The SMILES string of the molecule is CNC(CCCC#Cc1ccc2cncnc2c1)NC(=O)OC(C)(C)C. The summed E-state index contributed by atoms with van der Waals surface area (Å²) in [5.74, 6) is 6.33. The van der Waals surface area contributed by atoms with Gasteiger partial charge in [0.05, 0.1) is 11.7 Å². The van der Waals surface area contributed by atoms with Crippen molar-refractivity contribution >= 4 is 17.0 Å². The molecule has 6 nitrogen and oxygen atoms in total. The van der Waals surface area contributed by atoms with Crippen molar-refractivity contribution in [1.82, 2.24) is 20.6 Å². The van der Waals surface area contributed by atoms with Crippen molar-refractivity contribution in [3.8, 4) is 11.8 Å². The molecule has 1 aromatic heterocycles. The van der Waals surface area contributed by atoms with Crippen LogP contribution in [-0.2, 0) is 4.74 Å². The number of benzene rings is 1. The van der Waals surface area contributed by atoms with Gasteiger partial charge in [-0.3, -0.25) is 0 Å². The molecule has 1 unspecified atom stereocenters. The standard InChI is InChI=1S/C20H26N4O2/c1-20(2,3)26-19(25)24-18(21-4)9-7-5-6-8-15-10-11-16-13-22-14-23-17(16)12-15/h10-14,18,21H,5,7,9H2,1-4H3,(H,24,25). The van der Waals surface area contributed by atoms with E-state index in [4.69, 9.17) is 4.74 Å². The van der Waals surface area contributed by atoms with Crippen LogP contribution in [0.1, 0.15) is 45.6 Å². The maximum absolute atomic E-state index is 11.8.